The fraction of sp³-hybridized carbons (Fsp3) is 0.250. The smallest absolute Gasteiger partial charge is 0.169 e. The van der Waals surface area contributed by atoms with Crippen molar-refractivity contribution in [3.63, 3.8) is 0 Å². The third-order valence-corrected chi connectivity index (χ3v) is 2.71. The first-order chi connectivity index (χ1) is 9.33. The Kier molecular flexibility index (Phi) is 4.81. The Hall–Kier alpha value is -2.00. The molecule has 0 spiro atoms. The normalized spacial score (nSPS) is 10.2. The molecule has 0 aliphatic rings. The molecule has 0 heterocycles. The fourth-order valence-corrected chi connectivity index (χ4v) is 1.87. The van der Waals surface area contributed by atoms with Crippen molar-refractivity contribution in [2.75, 3.05) is 13.2 Å². The predicted molar refractivity (Wildman–Crippen MR) is 76.9 cm³/mol. The van der Waals surface area contributed by atoms with Crippen molar-refractivity contribution in [2.45, 2.75) is 13.3 Å². The van der Waals surface area contributed by atoms with Gasteiger partial charge in [-0.2, -0.15) is 0 Å². The minimum absolute atomic E-state index is 0.619. The molecular weight excluding hydrogens is 238 g/mol. The van der Waals surface area contributed by atoms with Gasteiger partial charge in [0, 0.05) is 0 Å². The van der Waals surface area contributed by atoms with Gasteiger partial charge >= 0.3 is 0 Å². The molecule has 0 aliphatic heterocycles. The van der Waals surface area contributed by atoms with E-state index in [4.69, 9.17) is 15.2 Å². The van der Waals surface area contributed by atoms with Crippen LogP contribution in [0.25, 0.3) is 0 Å². The minimum Gasteiger partial charge on any atom is -0.490 e. The van der Waals surface area contributed by atoms with Crippen LogP contribution in [-0.2, 0) is 6.42 Å². The number of benzene rings is 2. The minimum atomic E-state index is 0.619. The van der Waals surface area contributed by atoms with Crippen LogP contribution in [0.5, 0.6) is 17.2 Å². The maximum Gasteiger partial charge on any atom is 0.169 e. The molecule has 3 nitrogen and oxygen atoms in total. The highest BCUT2D eigenvalue weighted by molar-refractivity contribution is 5.43. The van der Waals surface area contributed by atoms with Crippen LogP contribution in [-0.4, -0.2) is 13.2 Å². The molecule has 3 heteroatoms. The van der Waals surface area contributed by atoms with Gasteiger partial charge in [0.15, 0.2) is 11.5 Å². The second kappa shape index (κ2) is 6.81. The van der Waals surface area contributed by atoms with E-state index in [1.807, 2.05) is 55.5 Å². The number of nitrogens with two attached hydrogens (primary N) is 1. The number of hydrogen-bond donors (Lipinski definition) is 1. The van der Waals surface area contributed by atoms with E-state index in [1.165, 1.54) is 5.56 Å². The molecule has 0 aliphatic carbocycles. The highest BCUT2D eigenvalue weighted by Gasteiger charge is 2.05. The van der Waals surface area contributed by atoms with Crippen molar-refractivity contribution in [2.24, 2.45) is 5.73 Å². The Morgan fingerprint density at radius 1 is 1.00 bits per heavy atom. The molecule has 2 rings (SSSR count). The van der Waals surface area contributed by atoms with Crippen LogP contribution in [0.4, 0.5) is 0 Å². The van der Waals surface area contributed by atoms with Gasteiger partial charge in [0.1, 0.15) is 5.75 Å². The zero-order valence-corrected chi connectivity index (χ0v) is 11.1. The van der Waals surface area contributed by atoms with Crippen molar-refractivity contribution in [1.82, 2.24) is 0 Å². The highest BCUT2D eigenvalue weighted by Crippen LogP contribution is 2.31. The molecule has 0 aromatic heterocycles. The lowest BCUT2D eigenvalue weighted by Crippen LogP contribution is -2.02. The standard InChI is InChI=1S/C16H19NO2/c1-2-18-15-8-3-4-9-16(15)19-14-7-5-6-13(12-14)10-11-17/h3-9,12H,2,10-11,17H2,1H3. The number of ether oxygens (including phenoxy) is 2. The summed E-state index contributed by atoms with van der Waals surface area (Å²) in [5.41, 5.74) is 6.74. The largest absolute Gasteiger partial charge is 0.490 e. The first-order valence-electron chi connectivity index (χ1n) is 6.52. The fourth-order valence-electron chi connectivity index (χ4n) is 1.87. The van der Waals surface area contributed by atoms with E-state index in [2.05, 4.69) is 0 Å². The van der Waals surface area contributed by atoms with Gasteiger partial charge in [-0.1, -0.05) is 24.3 Å². The van der Waals surface area contributed by atoms with E-state index in [0.29, 0.717) is 13.2 Å². The van der Waals surface area contributed by atoms with Crippen LogP contribution < -0.4 is 15.2 Å². The maximum atomic E-state index is 5.88. The second-order valence-electron chi connectivity index (χ2n) is 4.17. The van der Waals surface area contributed by atoms with Gasteiger partial charge in [-0.05, 0) is 49.7 Å². The number of rotatable bonds is 6. The number of para-hydroxylation sites is 2. The predicted octanol–water partition coefficient (Wildman–Crippen LogP) is 3.38. The van der Waals surface area contributed by atoms with Crippen molar-refractivity contribution in [1.29, 1.82) is 0 Å². The summed E-state index contributed by atoms with van der Waals surface area (Å²) in [6.07, 6.45) is 0.851. The summed E-state index contributed by atoms with van der Waals surface area (Å²) in [6, 6.07) is 15.6. The van der Waals surface area contributed by atoms with E-state index >= 15 is 0 Å². The van der Waals surface area contributed by atoms with Crippen LogP contribution in [0.15, 0.2) is 48.5 Å². The summed E-state index contributed by atoms with van der Waals surface area (Å²) in [4.78, 5) is 0. The van der Waals surface area contributed by atoms with Crippen LogP contribution >= 0.6 is 0 Å². The van der Waals surface area contributed by atoms with E-state index < -0.39 is 0 Å². The lowest BCUT2D eigenvalue weighted by Gasteiger charge is -2.11. The summed E-state index contributed by atoms with van der Waals surface area (Å²) < 4.78 is 11.4. The van der Waals surface area contributed by atoms with E-state index in [9.17, 15) is 0 Å². The van der Waals surface area contributed by atoms with Crippen molar-refractivity contribution >= 4 is 0 Å². The SMILES string of the molecule is CCOc1ccccc1Oc1cccc(CCN)c1. The Morgan fingerprint density at radius 2 is 1.79 bits per heavy atom. The monoisotopic (exact) mass is 257 g/mol. The lowest BCUT2D eigenvalue weighted by atomic mass is 10.1. The molecule has 19 heavy (non-hydrogen) atoms. The zero-order chi connectivity index (χ0) is 13.5. The Morgan fingerprint density at radius 3 is 2.53 bits per heavy atom. The molecule has 0 atom stereocenters. The molecule has 0 unspecified atom stereocenters. The second-order valence-corrected chi connectivity index (χ2v) is 4.17. The van der Waals surface area contributed by atoms with Crippen LogP contribution in [0, 0.1) is 0 Å². The average molecular weight is 257 g/mol. The molecule has 0 radical (unpaired) electrons. The molecule has 100 valence electrons. The molecule has 0 amide bonds. The third kappa shape index (κ3) is 3.73. The lowest BCUT2D eigenvalue weighted by molar-refractivity contribution is 0.321. The Balaban J connectivity index is 2.18. The van der Waals surface area contributed by atoms with Gasteiger partial charge < -0.3 is 15.2 Å². The third-order valence-electron chi connectivity index (χ3n) is 2.71. The van der Waals surface area contributed by atoms with Gasteiger partial charge in [-0.25, -0.2) is 0 Å². The molecule has 2 N–H and O–H groups in total. The average Bonchev–Trinajstić information content (AvgIpc) is 2.42. The van der Waals surface area contributed by atoms with Gasteiger partial charge in [0.25, 0.3) is 0 Å². The first kappa shape index (κ1) is 13.4. The van der Waals surface area contributed by atoms with E-state index in [0.717, 1.165) is 23.7 Å². The molecule has 0 saturated heterocycles. The van der Waals surface area contributed by atoms with Crippen molar-refractivity contribution in [3.8, 4) is 17.2 Å². The maximum absolute atomic E-state index is 5.88. The molecular formula is C16H19NO2. The summed E-state index contributed by atoms with van der Waals surface area (Å²) in [6.45, 7) is 3.21. The summed E-state index contributed by atoms with van der Waals surface area (Å²) in [5, 5.41) is 0. The van der Waals surface area contributed by atoms with Gasteiger partial charge in [-0.15, -0.1) is 0 Å². The highest BCUT2D eigenvalue weighted by atomic mass is 16.5. The van der Waals surface area contributed by atoms with Gasteiger partial charge in [-0.3, -0.25) is 0 Å². The van der Waals surface area contributed by atoms with Crippen molar-refractivity contribution < 1.29 is 9.47 Å². The summed E-state index contributed by atoms with van der Waals surface area (Å²) in [5.74, 6) is 2.29. The van der Waals surface area contributed by atoms with E-state index in [1.54, 1.807) is 0 Å². The topological polar surface area (TPSA) is 44.5 Å². The van der Waals surface area contributed by atoms with Crippen LogP contribution in [0.1, 0.15) is 12.5 Å². The van der Waals surface area contributed by atoms with Crippen molar-refractivity contribution in [3.05, 3.63) is 54.1 Å². The quantitative estimate of drug-likeness (QED) is 0.862. The molecule has 0 fully saturated rings. The van der Waals surface area contributed by atoms with Gasteiger partial charge in [0.2, 0.25) is 0 Å². The first-order valence-corrected chi connectivity index (χ1v) is 6.52. The molecule has 0 bridgehead atoms. The molecule has 2 aromatic rings. The van der Waals surface area contributed by atoms with Gasteiger partial charge in [0.05, 0.1) is 6.61 Å². The van der Waals surface area contributed by atoms with Crippen LogP contribution in [0.2, 0.25) is 0 Å². The summed E-state index contributed by atoms with van der Waals surface area (Å²) >= 11 is 0. The van der Waals surface area contributed by atoms with Crippen LogP contribution in [0.3, 0.4) is 0 Å². The Labute approximate surface area is 114 Å². The molecule has 2 aromatic carbocycles. The zero-order valence-electron chi connectivity index (χ0n) is 11.1. The van der Waals surface area contributed by atoms with E-state index in [-0.39, 0.29) is 0 Å². The summed E-state index contributed by atoms with van der Waals surface area (Å²) in [7, 11) is 0. The number of hydrogen-bond acceptors (Lipinski definition) is 3. The molecule has 0 saturated carbocycles. The Bertz CT molecular complexity index is 526.